The quantitative estimate of drug-likeness (QED) is 0.710. The summed E-state index contributed by atoms with van der Waals surface area (Å²) in [6.07, 6.45) is 0. The van der Waals surface area contributed by atoms with Crippen molar-refractivity contribution in [3.8, 4) is 12.1 Å². The third-order valence-corrected chi connectivity index (χ3v) is 5.18. The van der Waals surface area contributed by atoms with Crippen molar-refractivity contribution >= 4 is 23.5 Å². The van der Waals surface area contributed by atoms with Gasteiger partial charge in [0.15, 0.2) is 0 Å². The van der Waals surface area contributed by atoms with Crippen LogP contribution in [0.1, 0.15) is 10.8 Å². The van der Waals surface area contributed by atoms with E-state index in [0.29, 0.717) is 5.25 Å². The van der Waals surface area contributed by atoms with E-state index in [-0.39, 0.29) is 5.57 Å². The second-order valence-electron chi connectivity index (χ2n) is 3.21. The van der Waals surface area contributed by atoms with Gasteiger partial charge in [-0.1, -0.05) is 30.3 Å². The number of thioether (sulfide) groups is 2. The van der Waals surface area contributed by atoms with Gasteiger partial charge in [0, 0.05) is 11.0 Å². The first-order chi connectivity index (χ1) is 7.85. The zero-order chi connectivity index (χ0) is 11.4. The lowest BCUT2D eigenvalue weighted by molar-refractivity contribution is 1.13. The van der Waals surface area contributed by atoms with Crippen molar-refractivity contribution < 1.29 is 0 Å². The number of nitrogens with zero attached hydrogens (tertiary/aromatic N) is 2. The molecule has 0 saturated carbocycles. The van der Waals surface area contributed by atoms with Gasteiger partial charge in [0.05, 0.1) is 4.24 Å². The molecule has 1 aliphatic heterocycles. The lowest BCUT2D eigenvalue weighted by Gasteiger charge is -2.06. The fourth-order valence-electron chi connectivity index (χ4n) is 1.43. The highest BCUT2D eigenvalue weighted by Gasteiger charge is 2.25. The lowest BCUT2D eigenvalue weighted by Crippen LogP contribution is -1.90. The van der Waals surface area contributed by atoms with Crippen molar-refractivity contribution in [1.29, 1.82) is 10.5 Å². The normalized spacial score (nSPS) is 18.9. The summed E-state index contributed by atoms with van der Waals surface area (Å²) in [5.41, 5.74) is 1.50. The summed E-state index contributed by atoms with van der Waals surface area (Å²) in [5.74, 6) is 0.927. The largest absolute Gasteiger partial charge is 0.192 e. The predicted molar refractivity (Wildman–Crippen MR) is 67.5 cm³/mol. The molecule has 1 fully saturated rings. The van der Waals surface area contributed by atoms with E-state index in [1.54, 1.807) is 23.5 Å². The molecular weight excluding hydrogens is 236 g/mol. The number of nitriles is 2. The molecule has 0 aliphatic carbocycles. The number of hydrogen-bond donors (Lipinski definition) is 0. The van der Waals surface area contributed by atoms with Gasteiger partial charge in [-0.2, -0.15) is 10.5 Å². The molecule has 0 spiro atoms. The highest BCUT2D eigenvalue weighted by Crippen LogP contribution is 2.51. The third-order valence-electron chi connectivity index (χ3n) is 2.21. The maximum Gasteiger partial charge on any atom is 0.149 e. The van der Waals surface area contributed by atoms with E-state index in [4.69, 9.17) is 10.5 Å². The van der Waals surface area contributed by atoms with Crippen LogP contribution in [0.4, 0.5) is 0 Å². The molecule has 1 heterocycles. The Labute approximate surface area is 103 Å². The number of hydrogen-bond acceptors (Lipinski definition) is 4. The van der Waals surface area contributed by atoms with Gasteiger partial charge in [-0.25, -0.2) is 0 Å². The second-order valence-corrected chi connectivity index (χ2v) is 5.72. The van der Waals surface area contributed by atoms with E-state index in [2.05, 4.69) is 12.1 Å². The number of allylic oxidation sites excluding steroid dienone is 1. The van der Waals surface area contributed by atoms with Gasteiger partial charge in [0.2, 0.25) is 0 Å². The zero-order valence-electron chi connectivity index (χ0n) is 8.38. The highest BCUT2D eigenvalue weighted by atomic mass is 32.2. The Kier molecular flexibility index (Phi) is 3.56. The highest BCUT2D eigenvalue weighted by molar-refractivity contribution is 8.25. The standard InChI is InChI=1S/C12H8N2S2/c13-6-10(7-14)12-15-8-11(16-12)9-4-2-1-3-5-9/h1-5,11H,8H2. The van der Waals surface area contributed by atoms with Gasteiger partial charge in [-0.15, -0.1) is 23.5 Å². The minimum absolute atomic E-state index is 0.244. The second kappa shape index (κ2) is 5.12. The van der Waals surface area contributed by atoms with Crippen molar-refractivity contribution in [2.45, 2.75) is 5.25 Å². The first-order valence-corrected chi connectivity index (χ1v) is 6.60. The van der Waals surface area contributed by atoms with Crippen LogP contribution in [0.5, 0.6) is 0 Å². The fourth-order valence-corrected chi connectivity index (χ4v) is 4.22. The van der Waals surface area contributed by atoms with Crippen LogP contribution < -0.4 is 0 Å². The molecule has 1 aromatic carbocycles. The Morgan fingerprint density at radius 1 is 1.19 bits per heavy atom. The molecule has 16 heavy (non-hydrogen) atoms. The molecule has 0 aromatic heterocycles. The van der Waals surface area contributed by atoms with Crippen molar-refractivity contribution in [2.75, 3.05) is 5.75 Å². The monoisotopic (exact) mass is 244 g/mol. The fraction of sp³-hybridized carbons (Fsp3) is 0.167. The average molecular weight is 244 g/mol. The summed E-state index contributed by atoms with van der Waals surface area (Å²) < 4.78 is 0.860. The molecule has 0 bridgehead atoms. The van der Waals surface area contributed by atoms with Crippen molar-refractivity contribution in [2.24, 2.45) is 0 Å². The Bertz CT molecular complexity index is 478. The topological polar surface area (TPSA) is 47.6 Å². The Morgan fingerprint density at radius 2 is 1.88 bits per heavy atom. The van der Waals surface area contributed by atoms with Gasteiger partial charge in [-0.05, 0) is 5.56 Å². The van der Waals surface area contributed by atoms with E-state index in [0.717, 1.165) is 9.99 Å². The molecule has 4 heteroatoms. The van der Waals surface area contributed by atoms with Gasteiger partial charge >= 0.3 is 0 Å². The van der Waals surface area contributed by atoms with Crippen LogP contribution in [0.3, 0.4) is 0 Å². The van der Waals surface area contributed by atoms with Crippen molar-refractivity contribution in [1.82, 2.24) is 0 Å². The number of rotatable bonds is 1. The van der Waals surface area contributed by atoms with Crippen LogP contribution in [0.15, 0.2) is 40.1 Å². The molecule has 2 rings (SSSR count). The number of benzene rings is 1. The molecule has 0 N–H and O–H groups in total. The van der Waals surface area contributed by atoms with Gasteiger partial charge in [-0.3, -0.25) is 0 Å². The summed E-state index contributed by atoms with van der Waals surface area (Å²) >= 11 is 3.22. The summed E-state index contributed by atoms with van der Waals surface area (Å²) in [7, 11) is 0. The van der Waals surface area contributed by atoms with Crippen molar-refractivity contribution in [3.63, 3.8) is 0 Å². The first kappa shape index (κ1) is 11.1. The van der Waals surface area contributed by atoms with Crippen LogP contribution in [-0.2, 0) is 0 Å². The maximum atomic E-state index is 8.79. The maximum absolute atomic E-state index is 8.79. The SMILES string of the molecule is N#CC(C#N)=C1SCC(c2ccccc2)S1. The van der Waals surface area contributed by atoms with Crippen LogP contribution in [-0.4, -0.2) is 5.75 Å². The smallest absolute Gasteiger partial charge is 0.149 e. The Balaban J connectivity index is 2.20. The summed E-state index contributed by atoms with van der Waals surface area (Å²) in [4.78, 5) is 0. The van der Waals surface area contributed by atoms with E-state index in [9.17, 15) is 0 Å². The van der Waals surface area contributed by atoms with Gasteiger partial charge < -0.3 is 0 Å². The van der Waals surface area contributed by atoms with Crippen LogP contribution >= 0.6 is 23.5 Å². The van der Waals surface area contributed by atoms with E-state index < -0.39 is 0 Å². The molecule has 78 valence electrons. The minimum atomic E-state index is 0.244. The van der Waals surface area contributed by atoms with Gasteiger partial charge in [0.25, 0.3) is 0 Å². The Hall–Kier alpha value is -1.36. The third kappa shape index (κ3) is 2.24. The molecule has 1 aliphatic rings. The molecule has 0 radical (unpaired) electrons. The van der Waals surface area contributed by atoms with Crippen LogP contribution in [0.25, 0.3) is 0 Å². The Morgan fingerprint density at radius 3 is 2.50 bits per heavy atom. The molecule has 1 atom stereocenters. The van der Waals surface area contributed by atoms with Crippen molar-refractivity contribution in [3.05, 3.63) is 45.7 Å². The van der Waals surface area contributed by atoms with E-state index in [1.807, 2.05) is 30.3 Å². The van der Waals surface area contributed by atoms with E-state index in [1.165, 1.54) is 5.56 Å². The molecule has 1 aromatic rings. The van der Waals surface area contributed by atoms with Crippen LogP contribution in [0, 0.1) is 22.7 Å². The molecule has 0 amide bonds. The van der Waals surface area contributed by atoms with E-state index >= 15 is 0 Å². The van der Waals surface area contributed by atoms with Crippen LogP contribution in [0.2, 0.25) is 0 Å². The zero-order valence-corrected chi connectivity index (χ0v) is 10.0. The predicted octanol–water partition coefficient (Wildman–Crippen LogP) is 3.47. The lowest BCUT2D eigenvalue weighted by atomic mass is 10.2. The van der Waals surface area contributed by atoms with Gasteiger partial charge in [0.1, 0.15) is 17.7 Å². The molecule has 1 saturated heterocycles. The molecular formula is C12H8N2S2. The first-order valence-electron chi connectivity index (χ1n) is 4.74. The minimum Gasteiger partial charge on any atom is -0.192 e. The average Bonchev–Trinajstić information content (AvgIpc) is 2.81. The summed E-state index contributed by atoms with van der Waals surface area (Å²) in [6.45, 7) is 0. The molecule has 2 nitrogen and oxygen atoms in total. The summed E-state index contributed by atoms with van der Waals surface area (Å²) in [5, 5.41) is 17.9. The summed E-state index contributed by atoms with van der Waals surface area (Å²) in [6, 6.07) is 14.1. The molecule has 1 unspecified atom stereocenters.